The van der Waals surface area contributed by atoms with Gasteiger partial charge in [-0.15, -0.1) is 0 Å². The number of nitro groups is 1. The molecule has 1 fully saturated rings. The molecule has 1 aliphatic rings. The van der Waals surface area contributed by atoms with Crippen LogP contribution in [0.1, 0.15) is 12.0 Å². The molecule has 2 rings (SSSR count). The van der Waals surface area contributed by atoms with Crippen molar-refractivity contribution < 1.29 is 18.1 Å². The van der Waals surface area contributed by atoms with E-state index in [0.29, 0.717) is 11.3 Å². The first-order valence-electron chi connectivity index (χ1n) is 6.34. The van der Waals surface area contributed by atoms with Gasteiger partial charge in [-0.1, -0.05) is 11.6 Å². The fraction of sp³-hybridized carbons (Fsp3) is 0.417. The Labute approximate surface area is 132 Å². The molecule has 0 saturated carbocycles. The van der Waals surface area contributed by atoms with E-state index in [-0.39, 0.29) is 35.3 Å². The van der Waals surface area contributed by atoms with Gasteiger partial charge in [-0.05, 0) is 18.6 Å². The lowest BCUT2D eigenvalue weighted by atomic mass is 10.1. The third-order valence-corrected chi connectivity index (χ3v) is 4.66. The number of benzene rings is 1. The van der Waals surface area contributed by atoms with Gasteiger partial charge in [0, 0.05) is 30.6 Å². The average Bonchev–Trinajstić information content (AvgIpc) is 2.69. The van der Waals surface area contributed by atoms with Crippen LogP contribution in [0.2, 0.25) is 5.02 Å². The molecule has 0 radical (unpaired) electrons. The van der Waals surface area contributed by atoms with Gasteiger partial charge in [0.25, 0.3) is 5.69 Å². The molecule has 120 valence electrons. The topological polar surface area (TPSA) is 124 Å². The Bertz CT molecular complexity index is 749. The number of carbonyl (C=O) groups excluding carboxylic acids is 1. The van der Waals surface area contributed by atoms with Gasteiger partial charge in [0.2, 0.25) is 15.9 Å². The Hall–Kier alpha value is -1.71. The van der Waals surface area contributed by atoms with Gasteiger partial charge >= 0.3 is 0 Å². The summed E-state index contributed by atoms with van der Waals surface area (Å²) in [6.07, 6.45) is 0.0600. The number of nitrogens with zero attached hydrogens (tertiary/aromatic N) is 2. The first-order valence-corrected chi connectivity index (χ1v) is 8.43. The number of aryl methyl sites for hydroxylation is 1. The minimum atomic E-state index is -3.67. The number of sulfonamides is 1. The number of amides is 1. The van der Waals surface area contributed by atoms with E-state index >= 15 is 0 Å². The third-order valence-electron chi connectivity index (χ3n) is 3.43. The van der Waals surface area contributed by atoms with Crippen molar-refractivity contribution in [2.75, 3.05) is 17.2 Å². The number of primary sulfonamides is 1. The van der Waals surface area contributed by atoms with Crippen LogP contribution in [0.5, 0.6) is 0 Å². The number of anilines is 1. The van der Waals surface area contributed by atoms with Crippen molar-refractivity contribution in [3.8, 4) is 0 Å². The standard InChI is InChI=1S/C12H14ClN3O5S/c1-7-2-11(16(18)19)9(13)4-10(7)15-5-8(3-12(15)17)6-22(14,20)21/h2,4,8H,3,5-6H2,1H3,(H2,14,20,21). The summed E-state index contributed by atoms with van der Waals surface area (Å²) < 4.78 is 22.3. The molecule has 8 nitrogen and oxygen atoms in total. The van der Waals surface area contributed by atoms with E-state index < -0.39 is 20.9 Å². The maximum Gasteiger partial charge on any atom is 0.288 e. The van der Waals surface area contributed by atoms with Crippen molar-refractivity contribution in [1.82, 2.24) is 0 Å². The molecule has 0 bridgehead atoms. The molecular formula is C12H14ClN3O5S. The fourth-order valence-electron chi connectivity index (χ4n) is 2.54. The maximum atomic E-state index is 12.1. The molecule has 10 heteroatoms. The van der Waals surface area contributed by atoms with Crippen molar-refractivity contribution in [1.29, 1.82) is 0 Å². The fourth-order valence-corrected chi connectivity index (χ4v) is 3.65. The molecular weight excluding hydrogens is 334 g/mol. The SMILES string of the molecule is Cc1cc([N+](=O)[O-])c(Cl)cc1N1CC(CS(N)(=O)=O)CC1=O. The van der Waals surface area contributed by atoms with Gasteiger partial charge in [-0.3, -0.25) is 14.9 Å². The summed E-state index contributed by atoms with van der Waals surface area (Å²) in [6, 6.07) is 2.64. The number of halogens is 1. The predicted molar refractivity (Wildman–Crippen MR) is 81.3 cm³/mol. The highest BCUT2D eigenvalue weighted by molar-refractivity contribution is 7.89. The molecule has 2 N–H and O–H groups in total. The van der Waals surface area contributed by atoms with E-state index in [1.54, 1.807) is 6.92 Å². The first kappa shape index (κ1) is 16.7. The van der Waals surface area contributed by atoms with E-state index in [1.807, 2.05) is 0 Å². The van der Waals surface area contributed by atoms with Gasteiger partial charge < -0.3 is 4.90 Å². The van der Waals surface area contributed by atoms with Gasteiger partial charge in [0.1, 0.15) is 5.02 Å². The quantitative estimate of drug-likeness (QED) is 0.647. The summed E-state index contributed by atoms with van der Waals surface area (Å²) in [5.41, 5.74) is 0.717. The Kier molecular flexibility index (Phi) is 4.41. The van der Waals surface area contributed by atoms with Gasteiger partial charge in [0.05, 0.1) is 10.7 Å². The zero-order chi connectivity index (χ0) is 16.7. The van der Waals surface area contributed by atoms with Gasteiger partial charge in [0.15, 0.2) is 0 Å². The third kappa shape index (κ3) is 3.54. The van der Waals surface area contributed by atoms with Crippen LogP contribution < -0.4 is 10.0 Å². The van der Waals surface area contributed by atoms with Crippen LogP contribution in [0.15, 0.2) is 12.1 Å². The lowest BCUT2D eigenvalue weighted by Gasteiger charge is -2.19. The second kappa shape index (κ2) is 5.82. The van der Waals surface area contributed by atoms with Crippen LogP contribution >= 0.6 is 11.6 Å². The number of carbonyl (C=O) groups is 1. The Morgan fingerprint density at radius 1 is 1.50 bits per heavy atom. The zero-order valence-electron chi connectivity index (χ0n) is 11.7. The summed E-state index contributed by atoms with van der Waals surface area (Å²) >= 11 is 5.87. The lowest BCUT2D eigenvalue weighted by molar-refractivity contribution is -0.384. The van der Waals surface area contributed by atoms with Crippen molar-refractivity contribution in [2.45, 2.75) is 13.3 Å². The molecule has 1 aromatic rings. The molecule has 22 heavy (non-hydrogen) atoms. The van der Waals surface area contributed by atoms with Crippen LogP contribution in [0.3, 0.4) is 0 Å². The Balaban J connectivity index is 2.31. The largest absolute Gasteiger partial charge is 0.312 e. The smallest absolute Gasteiger partial charge is 0.288 e. The van der Waals surface area contributed by atoms with Gasteiger partial charge in [-0.25, -0.2) is 13.6 Å². The van der Waals surface area contributed by atoms with Crippen molar-refractivity contribution >= 4 is 38.9 Å². The second-order valence-corrected chi connectivity index (χ2v) is 7.32. The van der Waals surface area contributed by atoms with Crippen molar-refractivity contribution in [3.05, 3.63) is 32.8 Å². The molecule has 1 saturated heterocycles. The highest BCUT2D eigenvalue weighted by Gasteiger charge is 2.34. The number of hydrogen-bond acceptors (Lipinski definition) is 5. The minimum absolute atomic E-state index is 0.0600. The van der Waals surface area contributed by atoms with E-state index in [0.717, 1.165) is 0 Å². The van der Waals surface area contributed by atoms with Crippen LogP contribution in [0, 0.1) is 23.0 Å². The van der Waals surface area contributed by atoms with E-state index in [2.05, 4.69) is 0 Å². The van der Waals surface area contributed by atoms with Crippen LogP contribution in [-0.4, -0.2) is 31.5 Å². The monoisotopic (exact) mass is 347 g/mol. The van der Waals surface area contributed by atoms with Crippen LogP contribution in [0.4, 0.5) is 11.4 Å². The number of nitrogens with two attached hydrogens (primary N) is 1. The van der Waals surface area contributed by atoms with Gasteiger partial charge in [-0.2, -0.15) is 0 Å². The second-order valence-electron chi connectivity index (χ2n) is 5.25. The molecule has 0 spiro atoms. The van der Waals surface area contributed by atoms with E-state index in [1.165, 1.54) is 17.0 Å². The summed E-state index contributed by atoms with van der Waals surface area (Å²) in [5.74, 6) is -0.952. The number of nitro benzene ring substituents is 1. The lowest BCUT2D eigenvalue weighted by Crippen LogP contribution is -2.28. The predicted octanol–water partition coefficient (Wildman–Crippen LogP) is 1.20. The summed E-state index contributed by atoms with van der Waals surface area (Å²) in [6.45, 7) is 1.81. The molecule has 1 atom stereocenters. The normalized spacial score (nSPS) is 18.8. The highest BCUT2D eigenvalue weighted by atomic mass is 35.5. The molecule has 0 aromatic heterocycles. The van der Waals surface area contributed by atoms with Crippen LogP contribution in [0.25, 0.3) is 0 Å². The molecule has 1 unspecified atom stereocenters. The van der Waals surface area contributed by atoms with E-state index in [4.69, 9.17) is 16.7 Å². The van der Waals surface area contributed by atoms with Crippen molar-refractivity contribution in [3.63, 3.8) is 0 Å². The molecule has 0 aliphatic carbocycles. The maximum absolute atomic E-state index is 12.1. The highest BCUT2D eigenvalue weighted by Crippen LogP contribution is 2.35. The first-order chi connectivity index (χ1) is 10.1. The molecule has 1 heterocycles. The van der Waals surface area contributed by atoms with E-state index in [9.17, 15) is 23.3 Å². The molecule has 1 amide bonds. The Morgan fingerprint density at radius 2 is 2.14 bits per heavy atom. The average molecular weight is 348 g/mol. The number of hydrogen-bond donors (Lipinski definition) is 1. The summed E-state index contributed by atoms with van der Waals surface area (Å²) in [4.78, 5) is 23.7. The van der Waals surface area contributed by atoms with Crippen LogP contribution in [-0.2, 0) is 14.8 Å². The molecule has 1 aromatic carbocycles. The Morgan fingerprint density at radius 3 is 2.68 bits per heavy atom. The number of rotatable bonds is 4. The zero-order valence-corrected chi connectivity index (χ0v) is 13.2. The summed E-state index contributed by atoms with van der Waals surface area (Å²) in [7, 11) is -3.67. The van der Waals surface area contributed by atoms with Crippen molar-refractivity contribution in [2.24, 2.45) is 11.1 Å². The summed E-state index contributed by atoms with van der Waals surface area (Å²) in [5, 5.41) is 15.8. The minimum Gasteiger partial charge on any atom is -0.312 e. The molecule has 1 aliphatic heterocycles.